The Labute approximate surface area is 373 Å². The number of rotatable bonds is 49. The first kappa shape index (κ1) is 58.3. The van der Waals surface area contributed by atoms with E-state index in [1.54, 1.807) is 0 Å². The van der Waals surface area contributed by atoms with E-state index < -0.39 is 12.1 Å². The van der Waals surface area contributed by atoms with Crippen LogP contribution in [0.1, 0.15) is 284 Å². The summed E-state index contributed by atoms with van der Waals surface area (Å²) in [5.41, 5.74) is 0. The molecule has 0 aliphatic carbocycles. The number of unbranched alkanes of at least 4 members (excludes halogenated alkanes) is 34. The molecule has 6 heteroatoms. The van der Waals surface area contributed by atoms with Crippen molar-refractivity contribution in [3.8, 4) is 0 Å². The van der Waals surface area contributed by atoms with Gasteiger partial charge in [0.15, 0.2) is 0 Å². The lowest BCUT2D eigenvalue weighted by Gasteiger charge is -2.22. The van der Waals surface area contributed by atoms with E-state index in [1.807, 2.05) is 0 Å². The summed E-state index contributed by atoms with van der Waals surface area (Å²) in [5.74, 6) is -0.0851. The number of carbonyl (C=O) groups excluding carboxylic acids is 2. The highest BCUT2D eigenvalue weighted by atomic mass is 16.5. The lowest BCUT2D eigenvalue weighted by atomic mass is 10.0. The van der Waals surface area contributed by atoms with Crippen LogP contribution in [0.25, 0.3) is 0 Å². The number of aliphatic hydroxyl groups excluding tert-OH is 2. The molecule has 0 aromatic rings. The number of carbonyl (C=O) groups is 2. The summed E-state index contributed by atoms with van der Waals surface area (Å²) in [7, 11) is 0. The summed E-state index contributed by atoms with van der Waals surface area (Å²) in [6.07, 6.45) is 58.6. The van der Waals surface area contributed by atoms with Crippen LogP contribution in [0.2, 0.25) is 0 Å². The van der Waals surface area contributed by atoms with Crippen molar-refractivity contribution in [2.24, 2.45) is 0 Å². The molecule has 0 aromatic heterocycles. The van der Waals surface area contributed by atoms with Crippen molar-refractivity contribution in [3.63, 3.8) is 0 Å². The first-order valence-electron chi connectivity index (χ1n) is 26.6. The molecule has 0 bridgehead atoms. The summed E-state index contributed by atoms with van der Waals surface area (Å²) >= 11 is 0. The molecule has 0 aliphatic heterocycles. The quantitative estimate of drug-likeness (QED) is 0.0322. The SMILES string of the molecule is CCCCCCCC/C=C\CCCCCCCC(=O)OCCCCCCCC/C=C\CCCCCC(=O)NC(CO)C(O)CCCCCCCCCCCCCCCCC. The van der Waals surface area contributed by atoms with Crippen molar-refractivity contribution < 1.29 is 24.5 Å². The van der Waals surface area contributed by atoms with Gasteiger partial charge in [-0.05, 0) is 77.0 Å². The van der Waals surface area contributed by atoms with Crippen LogP contribution in [0.15, 0.2) is 24.3 Å². The van der Waals surface area contributed by atoms with Crippen LogP contribution >= 0.6 is 0 Å². The summed E-state index contributed by atoms with van der Waals surface area (Å²) in [5, 5.41) is 23.2. The zero-order chi connectivity index (χ0) is 43.7. The van der Waals surface area contributed by atoms with E-state index in [9.17, 15) is 19.8 Å². The van der Waals surface area contributed by atoms with E-state index in [-0.39, 0.29) is 18.5 Å². The van der Waals surface area contributed by atoms with Crippen LogP contribution < -0.4 is 5.32 Å². The molecule has 354 valence electrons. The van der Waals surface area contributed by atoms with Gasteiger partial charge < -0.3 is 20.3 Å². The number of aliphatic hydroxyl groups is 2. The highest BCUT2D eigenvalue weighted by molar-refractivity contribution is 5.76. The van der Waals surface area contributed by atoms with Gasteiger partial charge in [0.25, 0.3) is 0 Å². The summed E-state index contributed by atoms with van der Waals surface area (Å²) in [6.45, 7) is 4.90. The van der Waals surface area contributed by atoms with Crippen LogP contribution in [-0.2, 0) is 14.3 Å². The number of amides is 1. The third-order valence-corrected chi connectivity index (χ3v) is 12.2. The van der Waals surface area contributed by atoms with Gasteiger partial charge in [-0.3, -0.25) is 9.59 Å². The fourth-order valence-corrected chi connectivity index (χ4v) is 8.10. The molecule has 3 N–H and O–H groups in total. The highest BCUT2D eigenvalue weighted by Gasteiger charge is 2.20. The predicted octanol–water partition coefficient (Wildman–Crippen LogP) is 15.9. The third-order valence-electron chi connectivity index (χ3n) is 12.2. The Hall–Kier alpha value is -1.66. The monoisotopic (exact) mass is 846 g/mol. The van der Waals surface area contributed by atoms with Crippen LogP contribution in [0.4, 0.5) is 0 Å². The third kappa shape index (κ3) is 45.9. The first-order chi connectivity index (χ1) is 29.5. The maximum atomic E-state index is 12.4. The molecule has 60 heavy (non-hydrogen) atoms. The number of ether oxygens (including phenoxy) is 1. The zero-order valence-corrected chi connectivity index (χ0v) is 40.2. The molecular formula is C54H103NO5. The van der Waals surface area contributed by atoms with E-state index in [1.165, 1.54) is 180 Å². The molecule has 0 aliphatic rings. The maximum absolute atomic E-state index is 12.4. The maximum Gasteiger partial charge on any atom is 0.305 e. The van der Waals surface area contributed by atoms with E-state index in [2.05, 4.69) is 43.5 Å². The lowest BCUT2D eigenvalue weighted by Crippen LogP contribution is -2.45. The van der Waals surface area contributed by atoms with Gasteiger partial charge in [-0.1, -0.05) is 218 Å². The van der Waals surface area contributed by atoms with Crippen LogP contribution in [0.5, 0.6) is 0 Å². The molecule has 0 rings (SSSR count). The van der Waals surface area contributed by atoms with Gasteiger partial charge in [0, 0.05) is 12.8 Å². The Morgan fingerprint density at radius 2 is 0.783 bits per heavy atom. The Bertz CT molecular complexity index is 935. The fraction of sp³-hybridized carbons (Fsp3) is 0.889. The topological polar surface area (TPSA) is 95.9 Å². The summed E-state index contributed by atoms with van der Waals surface area (Å²) < 4.78 is 5.45. The van der Waals surface area contributed by atoms with Crippen LogP contribution in [-0.4, -0.2) is 47.4 Å². The Balaban J connectivity index is 3.50. The average Bonchev–Trinajstić information content (AvgIpc) is 3.25. The van der Waals surface area contributed by atoms with Gasteiger partial charge in [0.2, 0.25) is 5.91 Å². The van der Waals surface area contributed by atoms with Crippen LogP contribution in [0.3, 0.4) is 0 Å². The van der Waals surface area contributed by atoms with E-state index in [4.69, 9.17) is 4.74 Å². The van der Waals surface area contributed by atoms with Gasteiger partial charge >= 0.3 is 5.97 Å². The first-order valence-corrected chi connectivity index (χ1v) is 26.6. The molecule has 0 radical (unpaired) electrons. The minimum absolute atomic E-state index is 0.0205. The highest BCUT2D eigenvalue weighted by Crippen LogP contribution is 2.16. The number of hydrogen-bond donors (Lipinski definition) is 3. The van der Waals surface area contributed by atoms with Gasteiger partial charge in [-0.15, -0.1) is 0 Å². The van der Waals surface area contributed by atoms with E-state index >= 15 is 0 Å². The van der Waals surface area contributed by atoms with Crippen molar-refractivity contribution in [2.75, 3.05) is 13.2 Å². The smallest absolute Gasteiger partial charge is 0.305 e. The Morgan fingerprint density at radius 3 is 1.20 bits per heavy atom. The fourth-order valence-electron chi connectivity index (χ4n) is 8.10. The van der Waals surface area contributed by atoms with Crippen molar-refractivity contribution in [1.29, 1.82) is 0 Å². The van der Waals surface area contributed by atoms with Gasteiger partial charge in [-0.25, -0.2) is 0 Å². The van der Waals surface area contributed by atoms with Crippen molar-refractivity contribution in [3.05, 3.63) is 24.3 Å². The van der Waals surface area contributed by atoms with E-state index in [0.29, 0.717) is 25.9 Å². The summed E-state index contributed by atoms with van der Waals surface area (Å²) in [6, 6.07) is -0.561. The molecular weight excluding hydrogens is 743 g/mol. The van der Waals surface area contributed by atoms with Gasteiger partial charge in [-0.2, -0.15) is 0 Å². The molecule has 0 fully saturated rings. The standard InChI is InChI=1S/C54H103NO5/c1-3-5-7-9-11-13-15-17-19-22-26-30-34-38-42-46-52(57)51(50-56)55-53(58)47-43-39-35-31-27-23-21-25-29-33-37-41-45-49-60-54(59)48-44-40-36-32-28-24-20-18-16-14-12-10-8-6-4-2/h18,20,23,27,51-52,56-57H,3-17,19,21-22,24-26,28-50H2,1-2H3,(H,55,58)/b20-18-,27-23-. The van der Waals surface area contributed by atoms with Crippen molar-refractivity contribution >= 4 is 11.9 Å². The molecule has 0 saturated carbocycles. The number of hydrogen-bond acceptors (Lipinski definition) is 5. The second kappa shape index (κ2) is 50.0. The van der Waals surface area contributed by atoms with Gasteiger partial charge in [0.1, 0.15) is 0 Å². The predicted molar refractivity (Wildman–Crippen MR) is 260 cm³/mol. The average molecular weight is 846 g/mol. The molecule has 1 amide bonds. The second-order valence-corrected chi connectivity index (χ2v) is 18.2. The van der Waals surface area contributed by atoms with Gasteiger partial charge in [0.05, 0.1) is 25.4 Å². The lowest BCUT2D eigenvalue weighted by molar-refractivity contribution is -0.143. The normalized spacial score (nSPS) is 12.8. The largest absolute Gasteiger partial charge is 0.466 e. The van der Waals surface area contributed by atoms with Crippen LogP contribution in [0, 0.1) is 0 Å². The van der Waals surface area contributed by atoms with E-state index in [0.717, 1.165) is 70.6 Å². The molecule has 6 nitrogen and oxygen atoms in total. The molecule has 2 unspecified atom stereocenters. The minimum Gasteiger partial charge on any atom is -0.466 e. The Kier molecular flexibility index (Phi) is 48.6. The Morgan fingerprint density at radius 1 is 0.450 bits per heavy atom. The van der Waals surface area contributed by atoms with Crippen molar-refractivity contribution in [2.45, 2.75) is 296 Å². The molecule has 0 heterocycles. The molecule has 0 saturated heterocycles. The minimum atomic E-state index is -0.681. The number of esters is 1. The molecule has 2 atom stereocenters. The zero-order valence-electron chi connectivity index (χ0n) is 40.2. The second-order valence-electron chi connectivity index (χ2n) is 18.2. The number of nitrogens with one attached hydrogen (secondary N) is 1. The molecule has 0 aromatic carbocycles. The summed E-state index contributed by atoms with van der Waals surface area (Å²) in [4.78, 5) is 24.5. The van der Waals surface area contributed by atoms with Crippen molar-refractivity contribution in [1.82, 2.24) is 5.32 Å². The number of allylic oxidation sites excluding steroid dienone is 4. The molecule has 0 spiro atoms.